The largest absolute Gasteiger partial charge is 0.381 e. The summed E-state index contributed by atoms with van der Waals surface area (Å²) in [5.74, 6) is 0. The van der Waals surface area contributed by atoms with Crippen molar-refractivity contribution >= 4 is 11.6 Å². The molecule has 1 atom stereocenters. The molecule has 78 valence electrons. The van der Waals surface area contributed by atoms with Crippen LogP contribution in [0.25, 0.3) is 0 Å². The van der Waals surface area contributed by atoms with Gasteiger partial charge in [-0.2, -0.15) is 8.78 Å². The van der Waals surface area contributed by atoms with Gasteiger partial charge in [-0.25, -0.2) is 0 Å². The molecule has 14 heavy (non-hydrogen) atoms. The van der Waals surface area contributed by atoms with Crippen molar-refractivity contribution in [1.82, 2.24) is 0 Å². The minimum atomic E-state index is -3.62. The molecule has 0 fully saturated rings. The molecule has 1 aromatic carbocycles. The van der Waals surface area contributed by atoms with Gasteiger partial charge < -0.3 is 5.11 Å². The molecule has 0 saturated heterocycles. The van der Waals surface area contributed by atoms with Gasteiger partial charge in [0.1, 0.15) is 0 Å². The highest BCUT2D eigenvalue weighted by Gasteiger charge is 2.36. The Kier molecular flexibility index (Phi) is 3.45. The van der Waals surface area contributed by atoms with Gasteiger partial charge in [-0.3, -0.25) is 0 Å². The molecule has 0 radical (unpaired) electrons. The molecule has 1 unspecified atom stereocenters. The lowest BCUT2D eigenvalue weighted by Crippen LogP contribution is -2.18. The standard InChI is InChI=1S/C10H11ClF2O/c1-2-7-3-5-8(6-4-7)9(14)10(11,12)13/h3-6,9,14H,2H2,1H3. The first-order valence-electron chi connectivity index (χ1n) is 4.28. The third-order valence-corrected chi connectivity index (χ3v) is 2.22. The van der Waals surface area contributed by atoms with E-state index in [0.717, 1.165) is 12.0 Å². The van der Waals surface area contributed by atoms with Crippen LogP contribution in [0, 0.1) is 0 Å². The van der Waals surface area contributed by atoms with Gasteiger partial charge in [0.15, 0.2) is 6.10 Å². The van der Waals surface area contributed by atoms with Crippen molar-refractivity contribution in [2.75, 3.05) is 0 Å². The molecule has 1 nitrogen and oxygen atoms in total. The van der Waals surface area contributed by atoms with Crippen molar-refractivity contribution in [2.24, 2.45) is 0 Å². The van der Waals surface area contributed by atoms with Crippen LogP contribution in [0.15, 0.2) is 24.3 Å². The van der Waals surface area contributed by atoms with E-state index >= 15 is 0 Å². The maximum atomic E-state index is 12.5. The molecule has 0 bridgehead atoms. The van der Waals surface area contributed by atoms with E-state index in [1.165, 1.54) is 12.1 Å². The molecule has 0 aliphatic heterocycles. The highest BCUT2D eigenvalue weighted by molar-refractivity contribution is 6.22. The maximum Gasteiger partial charge on any atom is 0.351 e. The van der Waals surface area contributed by atoms with Crippen LogP contribution in [0.4, 0.5) is 8.78 Å². The average molecular weight is 221 g/mol. The summed E-state index contributed by atoms with van der Waals surface area (Å²) in [5, 5.41) is 5.52. The van der Waals surface area contributed by atoms with E-state index in [-0.39, 0.29) is 5.56 Å². The first-order chi connectivity index (χ1) is 6.45. The second-order valence-electron chi connectivity index (χ2n) is 3.04. The minimum Gasteiger partial charge on any atom is -0.381 e. The fourth-order valence-corrected chi connectivity index (χ4v) is 1.25. The lowest BCUT2D eigenvalue weighted by molar-refractivity contribution is -0.0424. The SMILES string of the molecule is CCc1ccc(C(O)C(F)(F)Cl)cc1. The number of aliphatic hydroxyl groups excluding tert-OH is 1. The van der Waals surface area contributed by atoms with E-state index in [9.17, 15) is 8.78 Å². The van der Waals surface area contributed by atoms with Crippen molar-refractivity contribution < 1.29 is 13.9 Å². The number of hydrogen-bond donors (Lipinski definition) is 1. The summed E-state index contributed by atoms with van der Waals surface area (Å²) in [4.78, 5) is 0. The zero-order valence-corrected chi connectivity index (χ0v) is 8.43. The second kappa shape index (κ2) is 4.24. The van der Waals surface area contributed by atoms with Crippen LogP contribution < -0.4 is 0 Å². The van der Waals surface area contributed by atoms with Gasteiger partial charge in [-0.1, -0.05) is 31.2 Å². The molecule has 0 saturated carbocycles. The normalized spacial score (nSPS) is 14.1. The van der Waals surface area contributed by atoms with Crippen LogP contribution in [0.1, 0.15) is 24.2 Å². The zero-order valence-electron chi connectivity index (χ0n) is 7.67. The Bertz CT molecular complexity index is 292. The Hall–Kier alpha value is -0.670. The number of benzene rings is 1. The molecule has 4 heteroatoms. The Labute approximate surface area is 86.3 Å². The van der Waals surface area contributed by atoms with Crippen LogP contribution in [-0.2, 0) is 6.42 Å². The van der Waals surface area contributed by atoms with Gasteiger partial charge in [-0.15, -0.1) is 0 Å². The molecule has 0 heterocycles. The summed E-state index contributed by atoms with van der Waals surface area (Å²) in [6.45, 7) is 1.96. The van der Waals surface area contributed by atoms with Crippen molar-refractivity contribution in [3.8, 4) is 0 Å². The molecule has 0 aliphatic rings. The van der Waals surface area contributed by atoms with Crippen molar-refractivity contribution in [3.05, 3.63) is 35.4 Å². The summed E-state index contributed by atoms with van der Waals surface area (Å²) >= 11 is 4.71. The van der Waals surface area contributed by atoms with E-state index in [4.69, 9.17) is 16.7 Å². The van der Waals surface area contributed by atoms with Gasteiger partial charge in [0.25, 0.3) is 0 Å². The van der Waals surface area contributed by atoms with Crippen LogP contribution in [0.3, 0.4) is 0 Å². The van der Waals surface area contributed by atoms with Gasteiger partial charge in [0.05, 0.1) is 0 Å². The van der Waals surface area contributed by atoms with Crippen molar-refractivity contribution in [1.29, 1.82) is 0 Å². The quantitative estimate of drug-likeness (QED) is 0.776. The Balaban J connectivity index is 2.87. The van der Waals surface area contributed by atoms with Crippen LogP contribution >= 0.6 is 11.6 Å². The fourth-order valence-electron chi connectivity index (χ4n) is 1.12. The molecular formula is C10H11ClF2O. The first kappa shape index (κ1) is 11.4. The Morgan fingerprint density at radius 3 is 2.21 bits per heavy atom. The Morgan fingerprint density at radius 1 is 1.36 bits per heavy atom. The monoisotopic (exact) mass is 220 g/mol. The zero-order chi connectivity index (χ0) is 10.8. The minimum absolute atomic E-state index is 0.127. The molecule has 1 N–H and O–H groups in total. The summed E-state index contributed by atoms with van der Waals surface area (Å²) in [7, 11) is 0. The number of halogens is 3. The predicted octanol–water partition coefficient (Wildman–Crippen LogP) is 3.11. The number of hydrogen-bond acceptors (Lipinski definition) is 1. The molecular weight excluding hydrogens is 210 g/mol. The predicted molar refractivity (Wildman–Crippen MR) is 51.6 cm³/mol. The third-order valence-electron chi connectivity index (χ3n) is 2.01. The lowest BCUT2D eigenvalue weighted by Gasteiger charge is -2.16. The van der Waals surface area contributed by atoms with E-state index in [2.05, 4.69) is 0 Å². The topological polar surface area (TPSA) is 20.2 Å². The molecule has 0 amide bonds. The maximum absolute atomic E-state index is 12.5. The molecule has 0 aliphatic carbocycles. The highest BCUT2D eigenvalue weighted by Crippen LogP contribution is 2.34. The van der Waals surface area contributed by atoms with Gasteiger partial charge >= 0.3 is 5.38 Å². The first-order valence-corrected chi connectivity index (χ1v) is 4.66. The number of aliphatic hydroxyl groups is 1. The summed E-state index contributed by atoms with van der Waals surface area (Å²) < 4.78 is 25.0. The number of rotatable bonds is 3. The fraction of sp³-hybridized carbons (Fsp3) is 0.400. The molecule has 0 aromatic heterocycles. The van der Waals surface area contributed by atoms with Gasteiger partial charge in [-0.05, 0) is 29.1 Å². The van der Waals surface area contributed by atoms with Crippen LogP contribution in [0.5, 0.6) is 0 Å². The van der Waals surface area contributed by atoms with Crippen molar-refractivity contribution in [3.63, 3.8) is 0 Å². The molecule has 1 rings (SSSR count). The second-order valence-corrected chi connectivity index (χ2v) is 3.54. The van der Waals surface area contributed by atoms with Gasteiger partial charge in [0, 0.05) is 0 Å². The third kappa shape index (κ3) is 2.66. The summed E-state index contributed by atoms with van der Waals surface area (Å²) in [6, 6.07) is 6.31. The highest BCUT2D eigenvalue weighted by atomic mass is 35.5. The summed E-state index contributed by atoms with van der Waals surface area (Å²) in [6.07, 6.45) is -1.12. The van der Waals surface area contributed by atoms with Gasteiger partial charge in [0.2, 0.25) is 0 Å². The van der Waals surface area contributed by atoms with Crippen LogP contribution in [-0.4, -0.2) is 10.5 Å². The van der Waals surface area contributed by atoms with E-state index in [0.29, 0.717) is 0 Å². The van der Waals surface area contributed by atoms with E-state index < -0.39 is 11.5 Å². The van der Waals surface area contributed by atoms with E-state index in [1.807, 2.05) is 6.92 Å². The average Bonchev–Trinajstić information content (AvgIpc) is 2.15. The van der Waals surface area contributed by atoms with Crippen LogP contribution in [0.2, 0.25) is 0 Å². The smallest absolute Gasteiger partial charge is 0.351 e. The summed E-state index contributed by atoms with van der Waals surface area (Å²) in [5.41, 5.74) is 1.15. The Morgan fingerprint density at radius 2 is 1.86 bits per heavy atom. The number of aryl methyl sites for hydroxylation is 1. The van der Waals surface area contributed by atoms with E-state index in [1.54, 1.807) is 12.1 Å². The van der Waals surface area contributed by atoms with Crippen molar-refractivity contribution in [2.45, 2.75) is 24.8 Å². The molecule has 1 aromatic rings. The lowest BCUT2D eigenvalue weighted by atomic mass is 10.1. The molecule has 0 spiro atoms. The number of alkyl halides is 3.